The monoisotopic (exact) mass is 288 g/mol. The van der Waals surface area contributed by atoms with Gasteiger partial charge in [-0.2, -0.15) is 0 Å². The Balaban J connectivity index is 1.68. The van der Waals surface area contributed by atoms with Crippen LogP contribution >= 0.6 is 0 Å². The highest BCUT2D eigenvalue weighted by molar-refractivity contribution is 5.83. The number of likely N-dealkylation sites (tertiary alicyclic amines) is 2. The van der Waals surface area contributed by atoms with E-state index >= 15 is 0 Å². The molecule has 0 unspecified atom stereocenters. The number of aryl methyl sites for hydroxylation is 1. The largest absolute Gasteiger partial charge is 0.345 e. The minimum absolute atomic E-state index is 0.131. The first kappa shape index (κ1) is 14.4. The molecular weight excluding hydrogens is 264 g/mol. The van der Waals surface area contributed by atoms with Gasteiger partial charge < -0.3 is 4.90 Å². The molecule has 1 aromatic rings. The van der Waals surface area contributed by atoms with Gasteiger partial charge in [0.25, 0.3) is 0 Å². The molecule has 0 bridgehead atoms. The molecule has 0 saturated carbocycles. The summed E-state index contributed by atoms with van der Waals surface area (Å²) in [7, 11) is 1.93. The molecule has 2 fully saturated rings. The van der Waals surface area contributed by atoms with Crippen molar-refractivity contribution in [3.05, 3.63) is 23.8 Å². The predicted octanol–water partition coefficient (Wildman–Crippen LogP) is 1.48. The number of carbonyl (C=O) groups excluding carboxylic acids is 1. The Hall–Kier alpha value is -1.49. The lowest BCUT2D eigenvalue weighted by Crippen LogP contribution is -2.48. The van der Waals surface area contributed by atoms with Gasteiger partial charge in [0, 0.05) is 39.3 Å². The number of carbonyl (C=O) groups is 1. The Bertz CT molecular complexity index is 533. The minimum atomic E-state index is -0.131. The van der Waals surface area contributed by atoms with Crippen LogP contribution in [0.2, 0.25) is 0 Å². The Kier molecular flexibility index (Phi) is 3.93. The molecule has 0 aliphatic carbocycles. The molecule has 2 aliphatic heterocycles. The Labute approximate surface area is 126 Å². The second kappa shape index (κ2) is 5.72. The maximum atomic E-state index is 12.5. The summed E-state index contributed by atoms with van der Waals surface area (Å²) in [6.45, 7) is 5.67. The maximum absolute atomic E-state index is 12.5. The van der Waals surface area contributed by atoms with Gasteiger partial charge in [0.1, 0.15) is 5.82 Å². The fraction of sp³-hybridized carbons (Fsp3) is 0.688. The molecule has 3 rings (SSSR count). The molecule has 1 spiro atoms. The highest BCUT2D eigenvalue weighted by atomic mass is 16.2. The second-order valence-corrected chi connectivity index (χ2v) is 6.39. The fourth-order valence-electron chi connectivity index (χ4n) is 3.67. The number of rotatable bonds is 3. The molecule has 0 aromatic carbocycles. The predicted molar refractivity (Wildman–Crippen MR) is 80.6 cm³/mol. The summed E-state index contributed by atoms with van der Waals surface area (Å²) in [5.74, 6) is 1.24. The van der Waals surface area contributed by atoms with E-state index in [4.69, 9.17) is 0 Å². The van der Waals surface area contributed by atoms with Crippen molar-refractivity contribution in [1.29, 1.82) is 0 Å². The van der Waals surface area contributed by atoms with E-state index < -0.39 is 0 Å². The summed E-state index contributed by atoms with van der Waals surface area (Å²) in [5.41, 5.74) is 0.934. The Morgan fingerprint density at radius 3 is 3.00 bits per heavy atom. The minimum Gasteiger partial charge on any atom is -0.345 e. The summed E-state index contributed by atoms with van der Waals surface area (Å²) in [5, 5.41) is 0. The van der Waals surface area contributed by atoms with Crippen molar-refractivity contribution in [3.8, 4) is 0 Å². The summed E-state index contributed by atoms with van der Waals surface area (Å²) in [6.07, 6.45) is 5.86. The SMILES string of the molecule is CCc1nccc(CN2CC[C@]3(CCCN(C)C3=O)C2)n1. The summed E-state index contributed by atoms with van der Waals surface area (Å²) in [4.78, 5) is 25.6. The molecular formula is C16H24N4O. The molecule has 3 heterocycles. The molecule has 114 valence electrons. The average Bonchev–Trinajstić information content (AvgIpc) is 2.89. The number of nitrogens with zero attached hydrogens (tertiary/aromatic N) is 4. The number of amides is 1. The van der Waals surface area contributed by atoms with E-state index in [-0.39, 0.29) is 5.41 Å². The summed E-state index contributed by atoms with van der Waals surface area (Å²) < 4.78 is 0. The molecule has 21 heavy (non-hydrogen) atoms. The van der Waals surface area contributed by atoms with Crippen molar-refractivity contribution in [2.75, 3.05) is 26.7 Å². The van der Waals surface area contributed by atoms with Crippen LogP contribution in [-0.4, -0.2) is 52.4 Å². The third kappa shape index (κ3) is 2.79. The van der Waals surface area contributed by atoms with Crippen LogP contribution in [0, 0.1) is 5.41 Å². The number of aromatic nitrogens is 2. The summed E-state index contributed by atoms with van der Waals surface area (Å²) in [6, 6.07) is 1.99. The molecule has 5 nitrogen and oxygen atoms in total. The molecule has 2 aliphatic rings. The van der Waals surface area contributed by atoms with Crippen molar-refractivity contribution in [2.24, 2.45) is 5.41 Å². The third-order valence-electron chi connectivity index (χ3n) is 4.85. The van der Waals surface area contributed by atoms with Crippen molar-refractivity contribution >= 4 is 5.91 Å². The third-order valence-corrected chi connectivity index (χ3v) is 4.85. The molecule has 0 N–H and O–H groups in total. The van der Waals surface area contributed by atoms with Crippen LogP contribution in [0.3, 0.4) is 0 Å². The van der Waals surface area contributed by atoms with Gasteiger partial charge in [0.05, 0.1) is 11.1 Å². The van der Waals surface area contributed by atoms with Crippen LogP contribution in [-0.2, 0) is 17.8 Å². The number of hydrogen-bond acceptors (Lipinski definition) is 4. The van der Waals surface area contributed by atoms with Crippen LogP contribution in [0.5, 0.6) is 0 Å². The van der Waals surface area contributed by atoms with Crippen LogP contribution in [0.1, 0.15) is 37.7 Å². The van der Waals surface area contributed by atoms with Gasteiger partial charge >= 0.3 is 0 Å². The van der Waals surface area contributed by atoms with Gasteiger partial charge in [-0.25, -0.2) is 9.97 Å². The van der Waals surface area contributed by atoms with E-state index in [1.807, 2.05) is 24.2 Å². The van der Waals surface area contributed by atoms with Crippen LogP contribution in [0.4, 0.5) is 0 Å². The molecule has 1 aromatic heterocycles. The zero-order chi connectivity index (χ0) is 14.9. The second-order valence-electron chi connectivity index (χ2n) is 6.39. The van der Waals surface area contributed by atoms with E-state index in [1.54, 1.807) is 0 Å². The first-order chi connectivity index (χ1) is 10.1. The highest BCUT2D eigenvalue weighted by Gasteiger charge is 2.47. The molecule has 1 atom stereocenters. The van der Waals surface area contributed by atoms with Crippen LogP contribution < -0.4 is 0 Å². The lowest BCUT2D eigenvalue weighted by Gasteiger charge is -2.37. The smallest absolute Gasteiger partial charge is 0.229 e. The van der Waals surface area contributed by atoms with Gasteiger partial charge in [-0.05, 0) is 31.9 Å². The number of hydrogen-bond donors (Lipinski definition) is 0. The average molecular weight is 288 g/mol. The Morgan fingerprint density at radius 2 is 2.19 bits per heavy atom. The van der Waals surface area contributed by atoms with Crippen molar-refractivity contribution in [1.82, 2.24) is 19.8 Å². The fourth-order valence-corrected chi connectivity index (χ4v) is 3.67. The maximum Gasteiger partial charge on any atom is 0.229 e. The van der Waals surface area contributed by atoms with Gasteiger partial charge in [-0.15, -0.1) is 0 Å². The van der Waals surface area contributed by atoms with E-state index in [0.717, 1.165) is 63.4 Å². The molecule has 5 heteroatoms. The van der Waals surface area contributed by atoms with Crippen molar-refractivity contribution in [3.63, 3.8) is 0 Å². The van der Waals surface area contributed by atoms with Crippen molar-refractivity contribution in [2.45, 2.75) is 39.2 Å². The molecule has 1 amide bonds. The van der Waals surface area contributed by atoms with Gasteiger partial charge in [0.15, 0.2) is 0 Å². The van der Waals surface area contributed by atoms with Crippen molar-refractivity contribution < 1.29 is 4.79 Å². The standard InChI is InChI=1S/C16H24N4O/c1-3-14-17-8-5-13(18-14)11-20-10-7-16(12-20)6-4-9-19(2)15(16)21/h5,8H,3-4,6-7,9-12H2,1-2H3/t16-/m1/s1. The lowest BCUT2D eigenvalue weighted by atomic mass is 9.78. The lowest BCUT2D eigenvalue weighted by molar-refractivity contribution is -0.143. The number of piperidine rings is 1. The van der Waals surface area contributed by atoms with Gasteiger partial charge in [-0.3, -0.25) is 9.69 Å². The van der Waals surface area contributed by atoms with E-state index in [1.165, 1.54) is 0 Å². The Morgan fingerprint density at radius 1 is 1.33 bits per heavy atom. The summed E-state index contributed by atoms with van der Waals surface area (Å²) >= 11 is 0. The topological polar surface area (TPSA) is 49.3 Å². The molecule has 2 saturated heterocycles. The van der Waals surface area contributed by atoms with Gasteiger partial charge in [-0.1, -0.05) is 6.92 Å². The molecule has 0 radical (unpaired) electrons. The van der Waals surface area contributed by atoms with E-state index in [2.05, 4.69) is 21.8 Å². The quantitative estimate of drug-likeness (QED) is 0.845. The van der Waals surface area contributed by atoms with Crippen LogP contribution in [0.25, 0.3) is 0 Å². The van der Waals surface area contributed by atoms with Gasteiger partial charge in [0.2, 0.25) is 5.91 Å². The first-order valence-electron chi connectivity index (χ1n) is 7.92. The zero-order valence-electron chi connectivity index (χ0n) is 13.0. The zero-order valence-corrected chi connectivity index (χ0v) is 13.0. The highest BCUT2D eigenvalue weighted by Crippen LogP contribution is 2.39. The first-order valence-corrected chi connectivity index (χ1v) is 7.92. The van der Waals surface area contributed by atoms with E-state index in [0.29, 0.717) is 5.91 Å². The van der Waals surface area contributed by atoms with Crippen LogP contribution in [0.15, 0.2) is 12.3 Å². The normalized spacial score (nSPS) is 26.8. The van der Waals surface area contributed by atoms with E-state index in [9.17, 15) is 4.79 Å².